The standard InChI is InChI=1S/C18H16F3NO3/c19-14-5-3-13(4-6-14)16(23)9-10-17(24)22-11-12-1-7-15(8-2-12)25-18(20)21/h1-8,18H,9-11H2,(H,22,24). The number of hydrogen-bond donors (Lipinski definition) is 1. The zero-order chi connectivity index (χ0) is 18.2. The molecule has 132 valence electrons. The first kappa shape index (κ1) is 18.5. The highest BCUT2D eigenvalue weighted by Crippen LogP contribution is 2.15. The lowest BCUT2D eigenvalue weighted by Crippen LogP contribution is -2.23. The maximum atomic E-state index is 12.8. The number of Topliss-reactive ketones (excluding diaryl/α,β-unsaturated/α-hetero) is 1. The smallest absolute Gasteiger partial charge is 0.387 e. The van der Waals surface area contributed by atoms with Crippen LogP contribution >= 0.6 is 0 Å². The van der Waals surface area contributed by atoms with Crippen molar-refractivity contribution in [1.29, 1.82) is 0 Å². The van der Waals surface area contributed by atoms with Crippen LogP contribution in [0.25, 0.3) is 0 Å². The van der Waals surface area contributed by atoms with E-state index in [2.05, 4.69) is 10.1 Å². The van der Waals surface area contributed by atoms with Crippen molar-refractivity contribution in [1.82, 2.24) is 5.32 Å². The fourth-order valence-electron chi connectivity index (χ4n) is 2.08. The first-order chi connectivity index (χ1) is 11.9. The van der Waals surface area contributed by atoms with Crippen LogP contribution in [0.4, 0.5) is 13.2 Å². The summed E-state index contributed by atoms with van der Waals surface area (Å²) in [6, 6.07) is 11.0. The van der Waals surface area contributed by atoms with E-state index in [4.69, 9.17) is 0 Å². The average molecular weight is 351 g/mol. The lowest BCUT2D eigenvalue weighted by Gasteiger charge is -2.07. The van der Waals surface area contributed by atoms with Crippen molar-refractivity contribution in [3.8, 4) is 5.75 Å². The van der Waals surface area contributed by atoms with E-state index in [9.17, 15) is 22.8 Å². The summed E-state index contributed by atoms with van der Waals surface area (Å²) in [7, 11) is 0. The van der Waals surface area contributed by atoms with Crippen LogP contribution in [0.5, 0.6) is 5.75 Å². The molecule has 0 unspecified atom stereocenters. The van der Waals surface area contributed by atoms with Crippen molar-refractivity contribution in [3.63, 3.8) is 0 Å². The zero-order valence-electron chi connectivity index (χ0n) is 13.2. The van der Waals surface area contributed by atoms with Gasteiger partial charge in [0.25, 0.3) is 0 Å². The van der Waals surface area contributed by atoms with Crippen molar-refractivity contribution in [2.45, 2.75) is 26.0 Å². The molecule has 0 saturated carbocycles. The van der Waals surface area contributed by atoms with Crippen LogP contribution < -0.4 is 10.1 Å². The molecule has 1 amide bonds. The second-order valence-corrected chi connectivity index (χ2v) is 5.23. The molecule has 0 spiro atoms. The minimum Gasteiger partial charge on any atom is -0.435 e. The maximum Gasteiger partial charge on any atom is 0.387 e. The van der Waals surface area contributed by atoms with Crippen molar-refractivity contribution in [3.05, 3.63) is 65.5 Å². The number of hydrogen-bond acceptors (Lipinski definition) is 3. The van der Waals surface area contributed by atoms with Gasteiger partial charge in [-0.25, -0.2) is 4.39 Å². The largest absolute Gasteiger partial charge is 0.435 e. The summed E-state index contributed by atoms with van der Waals surface area (Å²) in [5, 5.41) is 2.64. The Morgan fingerprint density at radius 2 is 1.60 bits per heavy atom. The van der Waals surface area contributed by atoms with Crippen LogP contribution in [0.1, 0.15) is 28.8 Å². The van der Waals surface area contributed by atoms with Gasteiger partial charge in [-0.05, 0) is 42.0 Å². The van der Waals surface area contributed by atoms with Gasteiger partial charge in [0.1, 0.15) is 11.6 Å². The first-order valence-electron chi connectivity index (χ1n) is 7.53. The molecule has 0 fully saturated rings. The van der Waals surface area contributed by atoms with Crippen LogP contribution in [0.3, 0.4) is 0 Å². The normalized spacial score (nSPS) is 10.6. The van der Waals surface area contributed by atoms with Gasteiger partial charge in [-0.1, -0.05) is 12.1 Å². The first-order valence-corrected chi connectivity index (χ1v) is 7.53. The van der Waals surface area contributed by atoms with E-state index in [1.807, 2.05) is 0 Å². The minimum atomic E-state index is -2.89. The molecule has 0 radical (unpaired) electrons. The molecule has 0 bridgehead atoms. The fraction of sp³-hybridized carbons (Fsp3) is 0.222. The number of carbonyl (C=O) groups is 2. The molecule has 0 heterocycles. The minimum absolute atomic E-state index is 0.00276. The molecule has 1 N–H and O–H groups in total. The molecule has 2 rings (SSSR count). The van der Waals surface area contributed by atoms with E-state index < -0.39 is 12.4 Å². The van der Waals surface area contributed by atoms with Gasteiger partial charge in [0.15, 0.2) is 5.78 Å². The lowest BCUT2D eigenvalue weighted by molar-refractivity contribution is -0.121. The SMILES string of the molecule is O=C(CCC(=O)c1ccc(F)cc1)NCc1ccc(OC(F)F)cc1. The van der Waals surface area contributed by atoms with Crippen molar-refractivity contribution in [2.24, 2.45) is 0 Å². The van der Waals surface area contributed by atoms with E-state index in [0.717, 1.165) is 0 Å². The molecule has 0 aromatic heterocycles. The predicted molar refractivity (Wildman–Crippen MR) is 84.9 cm³/mol. The quantitative estimate of drug-likeness (QED) is 0.738. The highest BCUT2D eigenvalue weighted by atomic mass is 19.3. The Labute approximate surface area is 142 Å². The third kappa shape index (κ3) is 6.29. The van der Waals surface area contributed by atoms with Crippen LogP contribution in [0.15, 0.2) is 48.5 Å². The van der Waals surface area contributed by atoms with Gasteiger partial charge < -0.3 is 10.1 Å². The van der Waals surface area contributed by atoms with Crippen LogP contribution in [0.2, 0.25) is 0 Å². The summed E-state index contributed by atoms with van der Waals surface area (Å²) >= 11 is 0. The van der Waals surface area contributed by atoms with Crippen molar-refractivity contribution in [2.75, 3.05) is 0 Å². The predicted octanol–water partition coefficient (Wildman–Crippen LogP) is 3.71. The molecule has 2 aromatic carbocycles. The van der Waals surface area contributed by atoms with E-state index >= 15 is 0 Å². The Morgan fingerprint density at radius 1 is 0.960 bits per heavy atom. The lowest BCUT2D eigenvalue weighted by atomic mass is 10.1. The molecule has 0 aliphatic heterocycles. The Hall–Kier alpha value is -2.83. The molecule has 4 nitrogen and oxygen atoms in total. The van der Waals surface area contributed by atoms with Gasteiger partial charge in [-0.2, -0.15) is 8.78 Å². The number of halogens is 3. The molecular formula is C18H16F3NO3. The summed E-state index contributed by atoms with van der Waals surface area (Å²) in [6.07, 6.45) is 0.0153. The fourth-order valence-corrected chi connectivity index (χ4v) is 2.08. The molecule has 0 aliphatic rings. The van der Waals surface area contributed by atoms with Gasteiger partial charge in [-0.3, -0.25) is 9.59 Å². The van der Waals surface area contributed by atoms with Gasteiger partial charge in [0.05, 0.1) is 0 Å². The molecule has 0 aliphatic carbocycles. The highest BCUT2D eigenvalue weighted by molar-refractivity contribution is 5.97. The molecular weight excluding hydrogens is 335 g/mol. The van der Waals surface area contributed by atoms with Gasteiger partial charge in [0.2, 0.25) is 5.91 Å². The van der Waals surface area contributed by atoms with Crippen molar-refractivity contribution >= 4 is 11.7 Å². The average Bonchev–Trinajstić information content (AvgIpc) is 2.59. The highest BCUT2D eigenvalue weighted by Gasteiger charge is 2.10. The number of alkyl halides is 2. The zero-order valence-corrected chi connectivity index (χ0v) is 13.2. The van der Waals surface area contributed by atoms with Gasteiger partial charge in [0, 0.05) is 24.9 Å². The Bertz CT molecular complexity index is 715. The third-order valence-electron chi connectivity index (χ3n) is 3.38. The topological polar surface area (TPSA) is 55.4 Å². The summed E-state index contributed by atoms with van der Waals surface area (Å²) in [6.45, 7) is -2.68. The van der Waals surface area contributed by atoms with Gasteiger partial charge in [-0.15, -0.1) is 0 Å². The summed E-state index contributed by atoms with van der Waals surface area (Å²) < 4.78 is 41.1. The van der Waals surface area contributed by atoms with E-state index in [-0.39, 0.29) is 36.8 Å². The molecule has 2 aromatic rings. The summed E-state index contributed by atoms with van der Waals surface area (Å²) in [5.41, 5.74) is 1.06. The number of carbonyl (C=O) groups excluding carboxylic acids is 2. The number of amides is 1. The molecule has 0 atom stereocenters. The summed E-state index contributed by atoms with van der Waals surface area (Å²) in [4.78, 5) is 23.7. The Balaban J connectivity index is 1.75. The monoisotopic (exact) mass is 351 g/mol. The molecule has 0 saturated heterocycles. The van der Waals surface area contributed by atoms with Crippen LogP contribution in [-0.4, -0.2) is 18.3 Å². The number of ketones is 1. The summed E-state index contributed by atoms with van der Waals surface area (Å²) in [5.74, 6) is -0.957. The number of benzene rings is 2. The van der Waals surface area contributed by atoms with Gasteiger partial charge >= 0.3 is 6.61 Å². The third-order valence-corrected chi connectivity index (χ3v) is 3.38. The second-order valence-electron chi connectivity index (χ2n) is 5.23. The van der Waals surface area contributed by atoms with Crippen molar-refractivity contribution < 1.29 is 27.5 Å². The second kappa shape index (κ2) is 8.86. The van der Waals surface area contributed by atoms with E-state index in [1.54, 1.807) is 12.1 Å². The number of ether oxygens (including phenoxy) is 1. The maximum absolute atomic E-state index is 12.8. The van der Waals surface area contributed by atoms with Crippen LogP contribution in [-0.2, 0) is 11.3 Å². The molecule has 25 heavy (non-hydrogen) atoms. The number of nitrogens with one attached hydrogen (secondary N) is 1. The number of rotatable bonds is 8. The van der Waals surface area contributed by atoms with E-state index in [0.29, 0.717) is 11.1 Å². The van der Waals surface area contributed by atoms with E-state index in [1.165, 1.54) is 36.4 Å². The van der Waals surface area contributed by atoms with Crippen LogP contribution in [0, 0.1) is 5.82 Å². The Kier molecular flexibility index (Phi) is 6.56. The Morgan fingerprint density at radius 3 is 2.20 bits per heavy atom. The molecule has 7 heteroatoms.